The number of hydrogen-bond donors (Lipinski definition) is 2. The number of nitrogens with two attached hydrogens (primary N) is 1. The molecule has 0 unspecified atom stereocenters. The molecule has 0 radical (unpaired) electrons. The Morgan fingerprint density at radius 1 is 1.33 bits per heavy atom. The summed E-state index contributed by atoms with van der Waals surface area (Å²) in [7, 11) is 1.54. The molecule has 108 valence electrons. The van der Waals surface area contributed by atoms with Crippen molar-refractivity contribution in [1.82, 2.24) is 19.6 Å². The molecule has 0 bridgehead atoms. The first-order valence-corrected chi connectivity index (χ1v) is 6.14. The lowest BCUT2D eigenvalue weighted by Gasteiger charge is -2.09. The van der Waals surface area contributed by atoms with Crippen LogP contribution in [-0.4, -0.2) is 26.7 Å². The lowest BCUT2D eigenvalue weighted by atomic mass is 10.3. The number of aromatic amines is 1. The van der Waals surface area contributed by atoms with Gasteiger partial charge in [0, 0.05) is 12.1 Å². The number of hydrogen-bond acceptors (Lipinski definition) is 6. The van der Waals surface area contributed by atoms with Gasteiger partial charge in [0.15, 0.2) is 5.65 Å². The lowest BCUT2D eigenvalue weighted by molar-refractivity contribution is 0.414. The quantitative estimate of drug-likeness (QED) is 0.699. The zero-order valence-electron chi connectivity index (χ0n) is 11.5. The summed E-state index contributed by atoms with van der Waals surface area (Å²) in [5, 5.41) is 6.25. The van der Waals surface area contributed by atoms with E-state index < -0.39 is 0 Å². The number of rotatable bonds is 3. The van der Waals surface area contributed by atoms with E-state index in [0.29, 0.717) is 34.5 Å². The van der Waals surface area contributed by atoms with Gasteiger partial charge in [-0.15, -0.1) is 0 Å². The van der Waals surface area contributed by atoms with Crippen molar-refractivity contribution in [2.75, 3.05) is 12.8 Å². The molecule has 2 aromatic heterocycles. The molecule has 0 atom stereocenters. The minimum absolute atomic E-state index is 0.323. The normalized spacial score (nSPS) is 10.8. The molecule has 0 saturated carbocycles. The number of nitrogens with zero attached hydrogens (tertiary/aromatic N) is 3. The Balaban J connectivity index is 1.98. The molecule has 8 nitrogen and oxygen atoms in total. The van der Waals surface area contributed by atoms with Crippen LogP contribution in [0.2, 0.25) is 0 Å². The van der Waals surface area contributed by atoms with E-state index >= 15 is 0 Å². The summed E-state index contributed by atoms with van der Waals surface area (Å²) in [4.78, 5) is 15.7. The van der Waals surface area contributed by atoms with E-state index in [-0.39, 0.29) is 5.69 Å². The Morgan fingerprint density at radius 2 is 2.14 bits per heavy atom. The summed E-state index contributed by atoms with van der Waals surface area (Å²) in [6.07, 6.45) is 0. The molecule has 3 rings (SSSR count). The van der Waals surface area contributed by atoms with Crippen LogP contribution in [-0.2, 0) is 0 Å². The van der Waals surface area contributed by atoms with Gasteiger partial charge in [0.05, 0.1) is 12.8 Å². The van der Waals surface area contributed by atoms with Crippen molar-refractivity contribution in [3.05, 3.63) is 40.6 Å². The maximum atomic E-state index is 11.5. The highest BCUT2D eigenvalue weighted by Crippen LogP contribution is 2.28. The number of nitrogens with one attached hydrogen (secondary N) is 1. The summed E-state index contributed by atoms with van der Waals surface area (Å²) in [6.45, 7) is 1.69. The fourth-order valence-electron chi connectivity index (χ4n) is 2.02. The van der Waals surface area contributed by atoms with Crippen molar-refractivity contribution in [2.24, 2.45) is 0 Å². The SMILES string of the molecule is COc1ccc(Oc2cc3n[nH]c(=O)n3c(C)n2)cc1N. The van der Waals surface area contributed by atoms with E-state index in [4.69, 9.17) is 15.2 Å². The fourth-order valence-corrected chi connectivity index (χ4v) is 2.02. The molecule has 0 spiro atoms. The van der Waals surface area contributed by atoms with Gasteiger partial charge in [-0.05, 0) is 19.1 Å². The second-order valence-corrected chi connectivity index (χ2v) is 4.37. The van der Waals surface area contributed by atoms with E-state index in [9.17, 15) is 4.79 Å². The smallest absolute Gasteiger partial charge is 0.349 e. The first-order valence-electron chi connectivity index (χ1n) is 6.14. The van der Waals surface area contributed by atoms with Gasteiger partial charge in [-0.2, -0.15) is 10.1 Å². The molecular formula is C13H13N5O3. The topological polar surface area (TPSA) is 108 Å². The minimum atomic E-state index is -0.338. The van der Waals surface area contributed by atoms with Crippen molar-refractivity contribution in [1.29, 1.82) is 0 Å². The van der Waals surface area contributed by atoms with Gasteiger partial charge in [0.2, 0.25) is 5.88 Å². The predicted octanol–water partition coefficient (Wildman–Crippen LogP) is 1.11. The number of nitrogen functional groups attached to an aromatic ring is 1. The van der Waals surface area contributed by atoms with Crippen LogP contribution in [0.5, 0.6) is 17.4 Å². The van der Waals surface area contributed by atoms with Gasteiger partial charge in [-0.3, -0.25) is 0 Å². The van der Waals surface area contributed by atoms with Crippen molar-refractivity contribution < 1.29 is 9.47 Å². The van der Waals surface area contributed by atoms with Crippen LogP contribution in [0.4, 0.5) is 5.69 Å². The number of aryl methyl sites for hydroxylation is 1. The number of ether oxygens (including phenoxy) is 2. The lowest BCUT2D eigenvalue weighted by Crippen LogP contribution is -2.13. The van der Waals surface area contributed by atoms with Gasteiger partial charge in [-0.25, -0.2) is 14.3 Å². The van der Waals surface area contributed by atoms with Gasteiger partial charge in [-0.1, -0.05) is 0 Å². The number of H-pyrrole nitrogens is 1. The highest BCUT2D eigenvalue weighted by Gasteiger charge is 2.09. The molecule has 3 N–H and O–H groups in total. The highest BCUT2D eigenvalue weighted by atomic mass is 16.5. The van der Waals surface area contributed by atoms with Crippen molar-refractivity contribution in [3.8, 4) is 17.4 Å². The Labute approximate surface area is 119 Å². The number of fused-ring (bicyclic) bond motifs is 1. The van der Waals surface area contributed by atoms with E-state index in [0.717, 1.165) is 0 Å². The summed E-state index contributed by atoms with van der Waals surface area (Å²) < 4.78 is 12.1. The van der Waals surface area contributed by atoms with Gasteiger partial charge >= 0.3 is 5.69 Å². The van der Waals surface area contributed by atoms with E-state index in [1.807, 2.05) is 0 Å². The summed E-state index contributed by atoms with van der Waals surface area (Å²) in [6, 6.07) is 6.62. The summed E-state index contributed by atoms with van der Waals surface area (Å²) >= 11 is 0. The summed E-state index contributed by atoms with van der Waals surface area (Å²) in [5.74, 6) is 1.88. The first-order chi connectivity index (χ1) is 10.1. The third kappa shape index (κ3) is 2.27. The van der Waals surface area contributed by atoms with Crippen LogP contribution in [0.15, 0.2) is 29.1 Å². The highest BCUT2D eigenvalue weighted by molar-refractivity contribution is 5.56. The monoisotopic (exact) mass is 287 g/mol. The number of anilines is 1. The molecular weight excluding hydrogens is 274 g/mol. The van der Waals surface area contributed by atoms with Crippen molar-refractivity contribution in [2.45, 2.75) is 6.92 Å². The van der Waals surface area contributed by atoms with Crippen LogP contribution in [0.25, 0.3) is 5.65 Å². The van der Waals surface area contributed by atoms with Crippen LogP contribution in [0.1, 0.15) is 5.82 Å². The number of aromatic nitrogens is 4. The molecule has 0 saturated heterocycles. The van der Waals surface area contributed by atoms with E-state index in [1.165, 1.54) is 4.40 Å². The molecule has 3 aromatic rings. The van der Waals surface area contributed by atoms with Crippen LogP contribution in [0, 0.1) is 6.92 Å². The first kappa shape index (κ1) is 13.0. The number of benzene rings is 1. The Morgan fingerprint density at radius 3 is 2.86 bits per heavy atom. The molecule has 1 aromatic carbocycles. The fraction of sp³-hybridized carbons (Fsp3) is 0.154. The average Bonchev–Trinajstić information content (AvgIpc) is 2.81. The predicted molar refractivity (Wildman–Crippen MR) is 75.8 cm³/mol. The maximum absolute atomic E-state index is 11.5. The minimum Gasteiger partial charge on any atom is -0.495 e. The maximum Gasteiger partial charge on any atom is 0.349 e. The van der Waals surface area contributed by atoms with Crippen molar-refractivity contribution >= 4 is 11.3 Å². The Bertz CT molecular complexity index is 868. The standard InChI is InChI=1S/C13H13N5O3/c1-7-15-12(6-11-16-17-13(19)18(7)11)21-8-3-4-10(20-2)9(14)5-8/h3-6H,14H2,1-2H3,(H,17,19). The zero-order chi connectivity index (χ0) is 15.0. The second kappa shape index (κ2) is 4.82. The molecule has 0 amide bonds. The molecule has 0 aliphatic carbocycles. The van der Waals surface area contributed by atoms with Crippen LogP contribution < -0.4 is 20.9 Å². The summed E-state index contributed by atoms with van der Waals surface area (Å²) in [5.41, 5.74) is 6.38. The third-order valence-electron chi connectivity index (χ3n) is 2.97. The second-order valence-electron chi connectivity index (χ2n) is 4.37. The van der Waals surface area contributed by atoms with Gasteiger partial charge < -0.3 is 15.2 Å². The van der Waals surface area contributed by atoms with Gasteiger partial charge in [0.25, 0.3) is 0 Å². The van der Waals surface area contributed by atoms with Gasteiger partial charge in [0.1, 0.15) is 17.3 Å². The van der Waals surface area contributed by atoms with E-state index in [2.05, 4.69) is 15.2 Å². The molecule has 21 heavy (non-hydrogen) atoms. The molecule has 2 heterocycles. The Hall–Kier alpha value is -3.03. The van der Waals surface area contributed by atoms with Crippen LogP contribution >= 0.6 is 0 Å². The number of methoxy groups -OCH3 is 1. The zero-order valence-corrected chi connectivity index (χ0v) is 11.5. The van der Waals surface area contributed by atoms with Crippen molar-refractivity contribution in [3.63, 3.8) is 0 Å². The third-order valence-corrected chi connectivity index (χ3v) is 2.97. The molecule has 8 heteroatoms. The molecule has 0 aliphatic heterocycles. The Kier molecular flexibility index (Phi) is 2.98. The largest absolute Gasteiger partial charge is 0.495 e. The average molecular weight is 287 g/mol. The molecule has 0 fully saturated rings. The molecule has 0 aliphatic rings. The van der Waals surface area contributed by atoms with E-state index in [1.54, 1.807) is 38.3 Å². The van der Waals surface area contributed by atoms with Crippen LogP contribution in [0.3, 0.4) is 0 Å².